The minimum absolute atomic E-state index is 0.0586. The van der Waals surface area contributed by atoms with Crippen LogP contribution in [0.5, 0.6) is 0 Å². The maximum atomic E-state index is 11.4. The first-order chi connectivity index (χ1) is 8.09. The predicted octanol–water partition coefficient (Wildman–Crippen LogP) is 1.03. The molecule has 1 unspecified atom stereocenters. The number of amides is 1. The van der Waals surface area contributed by atoms with Gasteiger partial charge in [0, 0.05) is 26.2 Å². The maximum Gasteiger partial charge on any atom is 0.306 e. The normalized spacial score (nSPS) is 18.6. The Morgan fingerprint density at radius 2 is 2.06 bits per heavy atom. The summed E-state index contributed by atoms with van der Waals surface area (Å²) < 4.78 is 5.25. The molecule has 0 spiro atoms. The third-order valence-corrected chi connectivity index (χ3v) is 3.13. The van der Waals surface area contributed by atoms with E-state index in [1.54, 1.807) is 6.92 Å². The first-order valence-corrected chi connectivity index (χ1v) is 6.17. The third-order valence-electron chi connectivity index (χ3n) is 3.13. The number of carboxylic acid groups (broad SMARTS) is 1. The standard InChI is InChI=1S/C12H21NO4/c1-9(12(15)16)8-11(14)13-5-2-10-3-6-17-7-4-10/h9-10H,2-8H2,1H3,(H,13,14)(H,15,16). The van der Waals surface area contributed by atoms with E-state index < -0.39 is 11.9 Å². The number of carbonyl (C=O) groups excluding carboxylic acids is 1. The van der Waals surface area contributed by atoms with Crippen LogP contribution in [0.2, 0.25) is 0 Å². The molecule has 1 amide bonds. The van der Waals surface area contributed by atoms with Crippen molar-refractivity contribution in [1.29, 1.82) is 0 Å². The van der Waals surface area contributed by atoms with Crippen LogP contribution in [-0.4, -0.2) is 36.7 Å². The summed E-state index contributed by atoms with van der Waals surface area (Å²) in [4.78, 5) is 22.0. The van der Waals surface area contributed by atoms with Gasteiger partial charge in [0.1, 0.15) is 0 Å². The number of rotatable bonds is 6. The van der Waals surface area contributed by atoms with Gasteiger partial charge in [0.15, 0.2) is 0 Å². The smallest absolute Gasteiger partial charge is 0.306 e. The van der Waals surface area contributed by atoms with Gasteiger partial charge in [-0.1, -0.05) is 6.92 Å². The Balaban J connectivity index is 2.09. The van der Waals surface area contributed by atoms with Crippen molar-refractivity contribution >= 4 is 11.9 Å². The van der Waals surface area contributed by atoms with Crippen LogP contribution in [0.15, 0.2) is 0 Å². The molecule has 5 heteroatoms. The Kier molecular flexibility index (Phi) is 5.97. The Bertz CT molecular complexity index is 261. The lowest BCUT2D eigenvalue weighted by molar-refractivity contribution is -0.143. The van der Waals surface area contributed by atoms with Crippen molar-refractivity contribution in [1.82, 2.24) is 5.32 Å². The van der Waals surface area contributed by atoms with E-state index in [0.717, 1.165) is 32.5 Å². The lowest BCUT2D eigenvalue weighted by atomic mass is 9.96. The van der Waals surface area contributed by atoms with Gasteiger partial charge in [-0.15, -0.1) is 0 Å². The molecule has 1 aliphatic heterocycles. The van der Waals surface area contributed by atoms with Gasteiger partial charge >= 0.3 is 5.97 Å². The summed E-state index contributed by atoms with van der Waals surface area (Å²) in [6.07, 6.45) is 3.13. The van der Waals surface area contributed by atoms with Gasteiger partial charge in [0.05, 0.1) is 5.92 Å². The highest BCUT2D eigenvalue weighted by atomic mass is 16.5. The first-order valence-electron chi connectivity index (χ1n) is 6.17. The van der Waals surface area contributed by atoms with E-state index in [0.29, 0.717) is 12.5 Å². The van der Waals surface area contributed by atoms with Crippen molar-refractivity contribution in [3.05, 3.63) is 0 Å². The highest BCUT2D eigenvalue weighted by Crippen LogP contribution is 2.17. The summed E-state index contributed by atoms with van der Waals surface area (Å²) in [5.41, 5.74) is 0. The van der Waals surface area contributed by atoms with Crippen molar-refractivity contribution in [3.8, 4) is 0 Å². The molecule has 98 valence electrons. The lowest BCUT2D eigenvalue weighted by Crippen LogP contribution is -2.29. The summed E-state index contributed by atoms with van der Waals surface area (Å²) in [7, 11) is 0. The van der Waals surface area contributed by atoms with E-state index in [-0.39, 0.29) is 12.3 Å². The Hall–Kier alpha value is -1.10. The van der Waals surface area contributed by atoms with Crippen molar-refractivity contribution in [3.63, 3.8) is 0 Å². The fraction of sp³-hybridized carbons (Fsp3) is 0.833. The molecule has 1 atom stereocenters. The fourth-order valence-corrected chi connectivity index (χ4v) is 1.89. The summed E-state index contributed by atoms with van der Waals surface area (Å²) in [5, 5.41) is 11.4. The van der Waals surface area contributed by atoms with Crippen LogP contribution in [-0.2, 0) is 14.3 Å². The quantitative estimate of drug-likeness (QED) is 0.730. The lowest BCUT2D eigenvalue weighted by Gasteiger charge is -2.21. The second-order valence-corrected chi connectivity index (χ2v) is 4.64. The zero-order valence-electron chi connectivity index (χ0n) is 10.3. The number of hydrogen-bond donors (Lipinski definition) is 2. The second-order valence-electron chi connectivity index (χ2n) is 4.64. The molecule has 0 bridgehead atoms. The summed E-state index contributed by atoms with van der Waals surface area (Å²) in [6, 6.07) is 0. The van der Waals surface area contributed by atoms with E-state index in [9.17, 15) is 9.59 Å². The Morgan fingerprint density at radius 1 is 1.41 bits per heavy atom. The number of carboxylic acids is 1. The first kappa shape index (κ1) is 14.0. The fourth-order valence-electron chi connectivity index (χ4n) is 1.89. The Labute approximate surface area is 102 Å². The summed E-state index contributed by atoms with van der Waals surface area (Å²) >= 11 is 0. The highest BCUT2D eigenvalue weighted by molar-refractivity contribution is 5.81. The van der Waals surface area contributed by atoms with Crippen molar-refractivity contribution in [2.75, 3.05) is 19.8 Å². The van der Waals surface area contributed by atoms with E-state index in [1.807, 2.05) is 0 Å². The van der Waals surface area contributed by atoms with Crippen molar-refractivity contribution < 1.29 is 19.4 Å². The molecule has 0 saturated carbocycles. The van der Waals surface area contributed by atoms with Gasteiger partial charge in [-0.3, -0.25) is 9.59 Å². The largest absolute Gasteiger partial charge is 0.481 e. The third kappa shape index (κ3) is 5.68. The second kappa shape index (κ2) is 7.27. The van der Waals surface area contributed by atoms with Crippen LogP contribution in [0.4, 0.5) is 0 Å². The molecular formula is C12H21NO4. The van der Waals surface area contributed by atoms with E-state index in [2.05, 4.69) is 5.32 Å². The molecular weight excluding hydrogens is 222 g/mol. The number of carbonyl (C=O) groups is 2. The monoisotopic (exact) mass is 243 g/mol. The van der Waals surface area contributed by atoms with E-state index >= 15 is 0 Å². The minimum Gasteiger partial charge on any atom is -0.481 e. The van der Waals surface area contributed by atoms with Crippen molar-refractivity contribution in [2.24, 2.45) is 11.8 Å². The van der Waals surface area contributed by atoms with Gasteiger partial charge in [-0.05, 0) is 25.2 Å². The average molecular weight is 243 g/mol. The van der Waals surface area contributed by atoms with Gasteiger partial charge < -0.3 is 15.2 Å². The zero-order chi connectivity index (χ0) is 12.7. The van der Waals surface area contributed by atoms with Gasteiger partial charge in [0.2, 0.25) is 5.91 Å². The summed E-state index contributed by atoms with van der Waals surface area (Å²) in [6.45, 7) is 3.81. The topological polar surface area (TPSA) is 75.6 Å². The Morgan fingerprint density at radius 3 is 2.65 bits per heavy atom. The van der Waals surface area contributed by atoms with Gasteiger partial charge in [0.25, 0.3) is 0 Å². The number of ether oxygens (including phenoxy) is 1. The highest BCUT2D eigenvalue weighted by Gasteiger charge is 2.16. The number of nitrogens with one attached hydrogen (secondary N) is 1. The molecule has 0 aromatic carbocycles. The average Bonchev–Trinajstić information content (AvgIpc) is 2.30. The van der Waals surface area contributed by atoms with E-state index in [4.69, 9.17) is 9.84 Å². The molecule has 1 aliphatic rings. The molecule has 0 aromatic heterocycles. The number of hydrogen-bond acceptors (Lipinski definition) is 3. The molecule has 17 heavy (non-hydrogen) atoms. The SMILES string of the molecule is CC(CC(=O)NCCC1CCOCC1)C(=O)O. The van der Waals surface area contributed by atoms with E-state index in [1.165, 1.54) is 0 Å². The molecule has 2 N–H and O–H groups in total. The zero-order valence-corrected chi connectivity index (χ0v) is 10.3. The maximum absolute atomic E-state index is 11.4. The molecule has 0 aromatic rings. The molecule has 1 heterocycles. The number of aliphatic carboxylic acids is 1. The van der Waals surface area contributed by atoms with Crippen LogP contribution in [0.1, 0.15) is 32.6 Å². The van der Waals surface area contributed by atoms with Crippen LogP contribution in [0.25, 0.3) is 0 Å². The summed E-state index contributed by atoms with van der Waals surface area (Å²) in [5.74, 6) is -1.09. The molecule has 0 radical (unpaired) electrons. The van der Waals surface area contributed by atoms with Crippen molar-refractivity contribution in [2.45, 2.75) is 32.6 Å². The van der Waals surface area contributed by atoms with Crippen LogP contribution in [0.3, 0.4) is 0 Å². The molecule has 1 fully saturated rings. The van der Waals surface area contributed by atoms with Gasteiger partial charge in [-0.2, -0.15) is 0 Å². The van der Waals surface area contributed by atoms with Crippen LogP contribution >= 0.6 is 0 Å². The minimum atomic E-state index is -0.926. The molecule has 0 aliphatic carbocycles. The van der Waals surface area contributed by atoms with Gasteiger partial charge in [-0.25, -0.2) is 0 Å². The molecule has 1 saturated heterocycles. The van der Waals surface area contributed by atoms with Crippen LogP contribution < -0.4 is 5.32 Å². The van der Waals surface area contributed by atoms with Crippen LogP contribution in [0, 0.1) is 11.8 Å². The predicted molar refractivity (Wildman–Crippen MR) is 62.6 cm³/mol. The molecule has 1 rings (SSSR count). The molecule has 5 nitrogen and oxygen atoms in total.